The first-order valence-electron chi connectivity index (χ1n) is 8.64. The molecule has 1 N–H and O–H groups in total. The van der Waals surface area contributed by atoms with E-state index in [1.165, 1.54) is 57.9 Å². The summed E-state index contributed by atoms with van der Waals surface area (Å²) >= 11 is 0. The van der Waals surface area contributed by atoms with Gasteiger partial charge in [0.05, 0.1) is 5.75 Å². The summed E-state index contributed by atoms with van der Waals surface area (Å²) in [6.45, 7) is 5.56. The highest BCUT2D eigenvalue weighted by molar-refractivity contribution is 7.90. The van der Waals surface area contributed by atoms with E-state index in [4.69, 9.17) is 0 Å². The van der Waals surface area contributed by atoms with Crippen LogP contribution in [-0.2, 0) is 9.84 Å². The normalized spacial score (nSPS) is 24.5. The summed E-state index contributed by atoms with van der Waals surface area (Å²) in [6, 6.07) is 0.327. The number of nitrogens with zero attached hydrogens (tertiary/aromatic N) is 1. The Labute approximate surface area is 130 Å². The Kier molecular flexibility index (Phi) is 6.09. The van der Waals surface area contributed by atoms with E-state index in [1.54, 1.807) is 0 Å². The number of rotatable bonds is 8. The van der Waals surface area contributed by atoms with E-state index in [0.717, 1.165) is 19.4 Å². The number of likely N-dealkylation sites (tertiary alicyclic amines) is 1. The van der Waals surface area contributed by atoms with Gasteiger partial charge in [-0.15, -0.1) is 0 Å². The fourth-order valence-electron chi connectivity index (χ4n) is 4.25. The molecule has 0 spiro atoms. The molecule has 1 atom stereocenters. The first kappa shape index (κ1) is 17.2. The third kappa shape index (κ3) is 4.42. The predicted octanol–water partition coefficient (Wildman–Crippen LogP) is 2.20. The minimum absolute atomic E-state index is 0.219. The molecule has 0 radical (unpaired) electrons. The van der Waals surface area contributed by atoms with Crippen molar-refractivity contribution in [3.63, 3.8) is 0 Å². The fraction of sp³-hybridized carbons (Fsp3) is 1.00. The maximum atomic E-state index is 11.6. The van der Waals surface area contributed by atoms with Crippen LogP contribution in [0.1, 0.15) is 58.3 Å². The molecule has 1 heterocycles. The lowest BCUT2D eigenvalue weighted by Gasteiger charge is -2.45. The average Bonchev–Trinajstić information content (AvgIpc) is 3.09. The number of nitrogens with one attached hydrogen (secondary N) is 1. The molecule has 1 unspecified atom stereocenters. The van der Waals surface area contributed by atoms with E-state index in [-0.39, 0.29) is 5.54 Å². The van der Waals surface area contributed by atoms with Gasteiger partial charge < -0.3 is 5.32 Å². The second-order valence-electron chi connectivity index (χ2n) is 6.93. The predicted molar refractivity (Wildman–Crippen MR) is 88.4 cm³/mol. The highest BCUT2D eigenvalue weighted by Crippen LogP contribution is 2.41. The third-order valence-electron chi connectivity index (χ3n) is 5.27. The molecule has 124 valence electrons. The quantitative estimate of drug-likeness (QED) is 0.746. The van der Waals surface area contributed by atoms with E-state index in [1.807, 2.05) is 0 Å². The van der Waals surface area contributed by atoms with Crippen LogP contribution in [0.3, 0.4) is 0 Å². The molecule has 2 fully saturated rings. The van der Waals surface area contributed by atoms with Crippen LogP contribution in [0.2, 0.25) is 0 Å². The highest BCUT2D eigenvalue weighted by atomic mass is 32.2. The van der Waals surface area contributed by atoms with Gasteiger partial charge in [0.15, 0.2) is 0 Å². The van der Waals surface area contributed by atoms with Crippen LogP contribution in [0.15, 0.2) is 0 Å². The Balaban J connectivity index is 2.13. The van der Waals surface area contributed by atoms with E-state index >= 15 is 0 Å². The Morgan fingerprint density at radius 2 is 1.76 bits per heavy atom. The largest absolute Gasteiger partial charge is 0.312 e. The molecule has 0 aromatic heterocycles. The topological polar surface area (TPSA) is 49.4 Å². The fourth-order valence-corrected chi connectivity index (χ4v) is 4.91. The smallest absolute Gasteiger partial charge is 0.147 e. The van der Waals surface area contributed by atoms with E-state index in [0.29, 0.717) is 11.8 Å². The van der Waals surface area contributed by atoms with Gasteiger partial charge in [0, 0.05) is 17.8 Å². The van der Waals surface area contributed by atoms with Crippen molar-refractivity contribution in [2.24, 2.45) is 0 Å². The average molecular weight is 317 g/mol. The molecule has 1 aliphatic carbocycles. The van der Waals surface area contributed by atoms with E-state index in [2.05, 4.69) is 17.1 Å². The minimum Gasteiger partial charge on any atom is -0.312 e. The van der Waals surface area contributed by atoms with E-state index in [9.17, 15) is 8.42 Å². The van der Waals surface area contributed by atoms with E-state index < -0.39 is 9.84 Å². The zero-order valence-corrected chi connectivity index (χ0v) is 14.6. The van der Waals surface area contributed by atoms with Gasteiger partial charge in [-0.1, -0.05) is 19.8 Å². The zero-order chi connectivity index (χ0) is 15.3. The summed E-state index contributed by atoms with van der Waals surface area (Å²) in [5.41, 5.74) is 0.219. The molecule has 0 aromatic carbocycles. The third-order valence-corrected chi connectivity index (χ3v) is 6.25. The van der Waals surface area contributed by atoms with Gasteiger partial charge in [0.2, 0.25) is 0 Å². The summed E-state index contributed by atoms with van der Waals surface area (Å²) in [6.07, 6.45) is 10.9. The molecule has 2 rings (SSSR count). The Bertz CT molecular complexity index is 410. The standard InChI is InChI=1S/C16H32N2O2S/c1-3-11-17-15(8-14-21(2,19)20)16(9-4-5-10-16)18-12-6-7-13-18/h15,17H,3-14H2,1-2H3. The monoisotopic (exact) mass is 316 g/mol. The van der Waals surface area contributed by atoms with Gasteiger partial charge in [-0.2, -0.15) is 0 Å². The molecule has 1 aliphatic heterocycles. The first-order chi connectivity index (χ1) is 9.98. The van der Waals surface area contributed by atoms with Crippen molar-refractivity contribution in [3.05, 3.63) is 0 Å². The molecule has 0 amide bonds. The Morgan fingerprint density at radius 1 is 1.14 bits per heavy atom. The van der Waals surface area contributed by atoms with Crippen LogP contribution in [0.5, 0.6) is 0 Å². The lowest BCUT2D eigenvalue weighted by molar-refractivity contribution is 0.0752. The van der Waals surface area contributed by atoms with Gasteiger partial charge in [0.1, 0.15) is 9.84 Å². The Morgan fingerprint density at radius 3 is 2.29 bits per heavy atom. The minimum atomic E-state index is -2.88. The zero-order valence-electron chi connectivity index (χ0n) is 13.7. The summed E-state index contributed by atoms with van der Waals surface area (Å²) in [5, 5.41) is 3.70. The molecule has 2 aliphatic rings. The molecule has 1 saturated heterocycles. The van der Waals surface area contributed by atoms with Crippen molar-refractivity contribution in [2.45, 2.75) is 69.9 Å². The summed E-state index contributed by atoms with van der Waals surface area (Å²) in [4.78, 5) is 2.68. The molecule has 21 heavy (non-hydrogen) atoms. The van der Waals surface area contributed by atoms with Crippen LogP contribution < -0.4 is 5.32 Å². The van der Waals surface area contributed by atoms with Gasteiger partial charge in [0.25, 0.3) is 0 Å². The molecular weight excluding hydrogens is 284 g/mol. The molecule has 0 bridgehead atoms. The van der Waals surface area contributed by atoms with Crippen LogP contribution in [-0.4, -0.2) is 56.5 Å². The lowest BCUT2D eigenvalue weighted by atomic mass is 9.84. The van der Waals surface area contributed by atoms with Gasteiger partial charge in [-0.05, 0) is 58.2 Å². The molecule has 5 heteroatoms. The lowest BCUT2D eigenvalue weighted by Crippen LogP contribution is -2.59. The molecule has 0 aromatic rings. The molecule has 1 saturated carbocycles. The maximum absolute atomic E-state index is 11.6. The van der Waals surface area contributed by atoms with Gasteiger partial charge in [-0.3, -0.25) is 4.90 Å². The van der Waals surface area contributed by atoms with Crippen LogP contribution in [0, 0.1) is 0 Å². The van der Waals surface area contributed by atoms with Crippen molar-refractivity contribution in [2.75, 3.05) is 31.6 Å². The first-order valence-corrected chi connectivity index (χ1v) is 10.7. The Hall–Kier alpha value is -0.130. The van der Waals surface area contributed by atoms with Crippen LogP contribution in [0.25, 0.3) is 0 Å². The van der Waals surface area contributed by atoms with Crippen LogP contribution >= 0.6 is 0 Å². The maximum Gasteiger partial charge on any atom is 0.147 e. The summed E-state index contributed by atoms with van der Waals surface area (Å²) in [7, 11) is -2.88. The van der Waals surface area contributed by atoms with Crippen molar-refractivity contribution in [3.8, 4) is 0 Å². The molecule has 4 nitrogen and oxygen atoms in total. The number of sulfone groups is 1. The summed E-state index contributed by atoms with van der Waals surface area (Å²) < 4.78 is 23.2. The van der Waals surface area contributed by atoms with Crippen molar-refractivity contribution in [1.29, 1.82) is 0 Å². The second kappa shape index (κ2) is 7.42. The number of hydrogen-bond acceptors (Lipinski definition) is 4. The van der Waals surface area contributed by atoms with Crippen molar-refractivity contribution < 1.29 is 8.42 Å². The van der Waals surface area contributed by atoms with Crippen molar-refractivity contribution >= 4 is 9.84 Å². The van der Waals surface area contributed by atoms with Gasteiger partial charge >= 0.3 is 0 Å². The summed E-state index contributed by atoms with van der Waals surface area (Å²) in [5.74, 6) is 0.309. The highest BCUT2D eigenvalue weighted by Gasteiger charge is 2.46. The van der Waals surface area contributed by atoms with Crippen molar-refractivity contribution in [1.82, 2.24) is 10.2 Å². The number of hydrogen-bond donors (Lipinski definition) is 1. The van der Waals surface area contributed by atoms with Crippen LogP contribution in [0.4, 0.5) is 0 Å². The van der Waals surface area contributed by atoms with Gasteiger partial charge in [-0.25, -0.2) is 8.42 Å². The molecular formula is C16H32N2O2S. The SMILES string of the molecule is CCCNC(CCS(C)(=O)=O)C1(N2CCCC2)CCCC1. The second-order valence-corrected chi connectivity index (χ2v) is 9.19.